The number of carbonyl (C=O) groups is 2. The number of allylic oxidation sites excluding steroid dienone is 1. The van der Waals surface area contributed by atoms with Crippen LogP contribution in [0, 0.1) is 0 Å². The van der Waals surface area contributed by atoms with E-state index in [0.717, 1.165) is 17.7 Å². The number of amides is 1. The van der Waals surface area contributed by atoms with Crippen molar-refractivity contribution < 1.29 is 19.4 Å². The van der Waals surface area contributed by atoms with E-state index in [9.17, 15) is 9.59 Å². The van der Waals surface area contributed by atoms with E-state index >= 15 is 0 Å². The lowest BCUT2D eigenvalue weighted by Gasteiger charge is -2.11. The SMILES string of the molecule is C=CCOc1ccc(CC=C)c(NC(=O)C=CC(=O)O)c1. The molecule has 1 rings (SSSR count). The van der Waals surface area contributed by atoms with Crippen molar-refractivity contribution in [3.05, 3.63) is 61.2 Å². The van der Waals surface area contributed by atoms with Gasteiger partial charge in [-0.15, -0.1) is 6.58 Å². The highest BCUT2D eigenvalue weighted by atomic mass is 16.5. The van der Waals surface area contributed by atoms with Crippen molar-refractivity contribution in [3.8, 4) is 5.75 Å². The zero-order valence-electron chi connectivity index (χ0n) is 11.5. The molecule has 0 radical (unpaired) electrons. The van der Waals surface area contributed by atoms with Crippen LogP contribution in [0.3, 0.4) is 0 Å². The second kappa shape index (κ2) is 8.37. The number of nitrogens with one attached hydrogen (secondary N) is 1. The number of rotatable bonds is 8. The molecule has 0 spiro atoms. The first-order valence-electron chi connectivity index (χ1n) is 6.26. The van der Waals surface area contributed by atoms with Crippen molar-refractivity contribution in [1.82, 2.24) is 0 Å². The van der Waals surface area contributed by atoms with Crippen molar-refractivity contribution in [3.63, 3.8) is 0 Å². The normalized spacial score (nSPS) is 10.1. The zero-order chi connectivity index (χ0) is 15.7. The Morgan fingerprint density at radius 1 is 1.24 bits per heavy atom. The molecule has 0 fully saturated rings. The number of anilines is 1. The average Bonchev–Trinajstić information content (AvgIpc) is 2.45. The van der Waals surface area contributed by atoms with E-state index in [1.807, 2.05) is 6.07 Å². The Labute approximate surface area is 123 Å². The first-order chi connectivity index (χ1) is 10.1. The van der Waals surface area contributed by atoms with Crippen molar-refractivity contribution >= 4 is 17.6 Å². The summed E-state index contributed by atoms with van der Waals surface area (Å²) in [7, 11) is 0. The molecule has 2 N–H and O–H groups in total. The Morgan fingerprint density at radius 3 is 2.62 bits per heavy atom. The second-order valence-electron chi connectivity index (χ2n) is 4.07. The van der Waals surface area contributed by atoms with Crippen LogP contribution in [0.2, 0.25) is 0 Å². The monoisotopic (exact) mass is 287 g/mol. The topological polar surface area (TPSA) is 75.6 Å². The van der Waals surface area contributed by atoms with Crippen LogP contribution in [-0.2, 0) is 16.0 Å². The minimum atomic E-state index is -1.18. The number of hydrogen-bond acceptors (Lipinski definition) is 3. The Balaban J connectivity index is 2.93. The fourth-order valence-electron chi connectivity index (χ4n) is 1.57. The van der Waals surface area contributed by atoms with Crippen LogP contribution in [0.15, 0.2) is 55.7 Å². The van der Waals surface area contributed by atoms with E-state index in [0.29, 0.717) is 24.5 Å². The zero-order valence-corrected chi connectivity index (χ0v) is 11.5. The molecule has 0 unspecified atom stereocenters. The number of carbonyl (C=O) groups excluding carboxylic acids is 1. The van der Waals surface area contributed by atoms with Gasteiger partial charge in [0.1, 0.15) is 12.4 Å². The van der Waals surface area contributed by atoms with Gasteiger partial charge in [0.2, 0.25) is 5.91 Å². The third kappa shape index (κ3) is 5.78. The van der Waals surface area contributed by atoms with Gasteiger partial charge < -0.3 is 15.2 Å². The van der Waals surface area contributed by atoms with E-state index in [-0.39, 0.29) is 0 Å². The first kappa shape index (κ1) is 16.2. The molecule has 5 heteroatoms. The molecular weight excluding hydrogens is 270 g/mol. The summed E-state index contributed by atoms with van der Waals surface area (Å²) in [5, 5.41) is 11.1. The highest BCUT2D eigenvalue weighted by molar-refractivity contribution is 6.02. The number of benzene rings is 1. The van der Waals surface area contributed by atoms with Crippen LogP contribution in [0.25, 0.3) is 0 Å². The van der Waals surface area contributed by atoms with Crippen LogP contribution < -0.4 is 10.1 Å². The van der Waals surface area contributed by atoms with Crippen LogP contribution in [-0.4, -0.2) is 23.6 Å². The van der Waals surface area contributed by atoms with Crippen LogP contribution in [0.5, 0.6) is 5.75 Å². The van der Waals surface area contributed by atoms with Gasteiger partial charge in [-0.2, -0.15) is 0 Å². The Morgan fingerprint density at radius 2 is 2.00 bits per heavy atom. The van der Waals surface area contributed by atoms with E-state index in [4.69, 9.17) is 9.84 Å². The predicted molar refractivity (Wildman–Crippen MR) is 81.4 cm³/mol. The summed E-state index contributed by atoms with van der Waals surface area (Å²) in [6.45, 7) is 7.57. The van der Waals surface area contributed by atoms with Crippen molar-refractivity contribution in [2.24, 2.45) is 0 Å². The van der Waals surface area contributed by atoms with Gasteiger partial charge >= 0.3 is 5.97 Å². The summed E-state index contributed by atoms with van der Waals surface area (Å²) in [6, 6.07) is 5.27. The first-order valence-corrected chi connectivity index (χ1v) is 6.26. The summed E-state index contributed by atoms with van der Waals surface area (Å²) >= 11 is 0. The molecule has 0 saturated carbocycles. The van der Waals surface area contributed by atoms with E-state index < -0.39 is 11.9 Å². The van der Waals surface area contributed by atoms with Crippen LogP contribution >= 0.6 is 0 Å². The standard InChI is InChI=1S/C16H17NO4/c1-3-5-12-6-7-13(21-10-4-2)11-14(12)17-15(18)8-9-16(19)20/h3-4,6-9,11H,1-2,5,10H2,(H,17,18)(H,19,20). The number of aliphatic carboxylic acids is 1. The molecule has 0 atom stereocenters. The molecule has 0 aliphatic heterocycles. The maximum atomic E-state index is 11.7. The molecular formula is C16H17NO4. The van der Waals surface area contributed by atoms with Crippen LogP contribution in [0.4, 0.5) is 5.69 Å². The molecule has 0 aromatic heterocycles. The Kier molecular flexibility index (Phi) is 6.47. The van der Waals surface area contributed by atoms with Gasteiger partial charge in [-0.25, -0.2) is 4.79 Å². The van der Waals surface area contributed by atoms with E-state index in [1.54, 1.807) is 24.3 Å². The molecule has 1 aromatic rings. The summed E-state index contributed by atoms with van der Waals surface area (Å²) in [5.41, 5.74) is 1.41. The molecule has 0 bridgehead atoms. The maximum Gasteiger partial charge on any atom is 0.328 e. The summed E-state index contributed by atoms with van der Waals surface area (Å²) < 4.78 is 5.40. The van der Waals surface area contributed by atoms with Crippen LogP contribution in [0.1, 0.15) is 5.56 Å². The van der Waals surface area contributed by atoms with Gasteiger partial charge in [-0.3, -0.25) is 4.79 Å². The van der Waals surface area contributed by atoms with Crippen molar-refractivity contribution in [1.29, 1.82) is 0 Å². The number of ether oxygens (including phenoxy) is 1. The van der Waals surface area contributed by atoms with E-state index in [2.05, 4.69) is 18.5 Å². The molecule has 110 valence electrons. The third-order valence-electron chi connectivity index (χ3n) is 2.45. The molecule has 5 nitrogen and oxygen atoms in total. The van der Waals surface area contributed by atoms with Crippen molar-refractivity contribution in [2.75, 3.05) is 11.9 Å². The number of hydrogen-bond donors (Lipinski definition) is 2. The summed E-state index contributed by atoms with van der Waals surface area (Å²) in [4.78, 5) is 22.0. The van der Waals surface area contributed by atoms with Gasteiger partial charge in [0.25, 0.3) is 0 Å². The second-order valence-corrected chi connectivity index (χ2v) is 4.07. The molecule has 21 heavy (non-hydrogen) atoms. The number of carboxylic acid groups (broad SMARTS) is 1. The highest BCUT2D eigenvalue weighted by Gasteiger charge is 2.06. The Hall–Kier alpha value is -2.82. The number of carboxylic acids is 1. The third-order valence-corrected chi connectivity index (χ3v) is 2.45. The molecule has 0 aliphatic rings. The predicted octanol–water partition coefficient (Wildman–Crippen LogP) is 2.56. The minimum absolute atomic E-state index is 0.354. The lowest BCUT2D eigenvalue weighted by molar-refractivity contribution is -0.131. The molecule has 1 aromatic carbocycles. The van der Waals surface area contributed by atoms with Gasteiger partial charge in [-0.1, -0.05) is 24.8 Å². The average molecular weight is 287 g/mol. The summed E-state index contributed by atoms with van der Waals surface area (Å²) in [5.74, 6) is -1.12. The van der Waals surface area contributed by atoms with Gasteiger partial charge in [-0.05, 0) is 18.1 Å². The maximum absolute atomic E-state index is 11.7. The molecule has 0 saturated heterocycles. The van der Waals surface area contributed by atoms with Gasteiger partial charge in [0, 0.05) is 23.9 Å². The molecule has 0 heterocycles. The fourth-order valence-corrected chi connectivity index (χ4v) is 1.57. The molecule has 0 aliphatic carbocycles. The fraction of sp³-hybridized carbons (Fsp3) is 0.125. The lowest BCUT2D eigenvalue weighted by Crippen LogP contribution is -2.10. The summed E-state index contributed by atoms with van der Waals surface area (Å²) in [6.07, 6.45) is 5.63. The van der Waals surface area contributed by atoms with E-state index in [1.165, 1.54) is 0 Å². The minimum Gasteiger partial charge on any atom is -0.489 e. The van der Waals surface area contributed by atoms with Gasteiger partial charge in [0.15, 0.2) is 0 Å². The lowest BCUT2D eigenvalue weighted by atomic mass is 10.1. The smallest absolute Gasteiger partial charge is 0.328 e. The van der Waals surface area contributed by atoms with Gasteiger partial charge in [0.05, 0.1) is 0 Å². The highest BCUT2D eigenvalue weighted by Crippen LogP contribution is 2.23. The van der Waals surface area contributed by atoms with Crippen molar-refractivity contribution in [2.45, 2.75) is 6.42 Å². The Bertz CT molecular complexity index is 576. The quantitative estimate of drug-likeness (QED) is 0.569. The molecule has 1 amide bonds. The largest absolute Gasteiger partial charge is 0.489 e.